The minimum absolute atomic E-state index is 0.141. The van der Waals surface area contributed by atoms with Crippen LogP contribution < -0.4 is 15.5 Å². The van der Waals surface area contributed by atoms with E-state index >= 15 is 0 Å². The number of nitrogens with one attached hydrogen (secondary N) is 2. The minimum atomic E-state index is -0.429. The average Bonchev–Trinajstić information content (AvgIpc) is 2.91. The summed E-state index contributed by atoms with van der Waals surface area (Å²) < 4.78 is 14.0. The fourth-order valence-corrected chi connectivity index (χ4v) is 5.98. The van der Waals surface area contributed by atoms with Crippen molar-refractivity contribution in [1.29, 1.82) is 0 Å². The number of benzene rings is 2. The number of likely N-dealkylation sites (tertiary alicyclic amines) is 1. The summed E-state index contributed by atoms with van der Waals surface area (Å²) in [6.45, 7) is 5.06. The Morgan fingerprint density at radius 2 is 1.92 bits per heavy atom. The first-order chi connectivity index (χ1) is 18.4. The summed E-state index contributed by atoms with van der Waals surface area (Å²) in [4.78, 5) is 38.2. The molecular formula is C27H28BrFN6O2S. The molecule has 0 spiro atoms. The van der Waals surface area contributed by atoms with Gasteiger partial charge in [-0.15, -0.1) is 0 Å². The van der Waals surface area contributed by atoms with Crippen LogP contribution in [0.15, 0.2) is 58.3 Å². The zero-order valence-corrected chi connectivity index (χ0v) is 23.3. The van der Waals surface area contributed by atoms with E-state index in [9.17, 15) is 14.0 Å². The normalized spacial score (nSPS) is 17.6. The number of carbonyl (C=O) groups is 2. The second-order valence-corrected chi connectivity index (χ2v) is 11.2. The van der Waals surface area contributed by atoms with Gasteiger partial charge in [0.05, 0.1) is 22.0 Å². The quantitative estimate of drug-likeness (QED) is 0.255. The SMILES string of the molecule is CC1NC(=O)N(c2ccc(F)c(Br)c2)c2ncnc(SCC(=O)Nc3ccc(CN4CCCCC4)cc3)c21. The van der Waals surface area contributed by atoms with Crippen LogP contribution in [0.3, 0.4) is 0 Å². The van der Waals surface area contributed by atoms with Crippen LogP contribution in [-0.4, -0.2) is 45.6 Å². The third kappa shape index (κ3) is 6.00. The van der Waals surface area contributed by atoms with Crippen molar-refractivity contribution < 1.29 is 14.0 Å². The Hall–Kier alpha value is -3.02. The number of nitrogens with zero attached hydrogens (tertiary/aromatic N) is 4. The standard InChI is InChI=1S/C27H28BrFN6O2S/c1-17-24-25(35(27(37)32-17)20-9-10-22(29)21(28)13-20)30-16-31-26(24)38-15-23(36)33-19-7-5-18(6-8-19)14-34-11-3-2-4-12-34/h5-10,13,16-17H,2-4,11-12,14-15H2,1H3,(H,32,37)(H,33,36). The molecular weight excluding hydrogens is 571 g/mol. The van der Waals surface area contributed by atoms with Crippen molar-refractivity contribution in [1.82, 2.24) is 20.2 Å². The zero-order valence-electron chi connectivity index (χ0n) is 20.9. The van der Waals surface area contributed by atoms with Gasteiger partial charge in [-0.3, -0.25) is 9.69 Å². The van der Waals surface area contributed by atoms with Gasteiger partial charge < -0.3 is 10.6 Å². The number of anilines is 3. The van der Waals surface area contributed by atoms with E-state index in [1.807, 2.05) is 19.1 Å². The van der Waals surface area contributed by atoms with Crippen LogP contribution in [0.4, 0.5) is 26.4 Å². The van der Waals surface area contributed by atoms with Crippen molar-refractivity contribution in [3.63, 3.8) is 0 Å². The maximum absolute atomic E-state index is 13.8. The lowest BCUT2D eigenvalue weighted by molar-refractivity contribution is -0.113. The fourth-order valence-electron chi connectivity index (χ4n) is 4.72. The van der Waals surface area contributed by atoms with E-state index in [0.29, 0.717) is 22.1 Å². The molecule has 2 N–H and O–H groups in total. The molecule has 8 nitrogen and oxygen atoms in total. The Bertz CT molecular complexity index is 1340. The van der Waals surface area contributed by atoms with Crippen molar-refractivity contribution in [2.24, 2.45) is 0 Å². The Kier molecular flexibility index (Phi) is 8.25. The molecule has 2 aromatic carbocycles. The first kappa shape index (κ1) is 26.6. The lowest BCUT2D eigenvalue weighted by Gasteiger charge is -2.33. The molecule has 0 aliphatic carbocycles. The molecule has 1 unspecified atom stereocenters. The monoisotopic (exact) mass is 598 g/mol. The third-order valence-corrected chi connectivity index (χ3v) is 8.22. The van der Waals surface area contributed by atoms with Crippen LogP contribution >= 0.6 is 27.7 Å². The van der Waals surface area contributed by atoms with Gasteiger partial charge in [-0.25, -0.2) is 24.1 Å². The van der Waals surface area contributed by atoms with E-state index in [4.69, 9.17) is 0 Å². The average molecular weight is 600 g/mol. The van der Waals surface area contributed by atoms with Crippen molar-refractivity contribution in [2.45, 2.75) is 43.8 Å². The highest BCUT2D eigenvalue weighted by Crippen LogP contribution is 2.39. The molecule has 1 atom stereocenters. The van der Waals surface area contributed by atoms with Gasteiger partial charge in [0.25, 0.3) is 0 Å². The van der Waals surface area contributed by atoms with Gasteiger partial charge in [0, 0.05) is 17.8 Å². The molecule has 2 aliphatic rings. The second kappa shape index (κ2) is 11.8. The van der Waals surface area contributed by atoms with Gasteiger partial charge in [-0.05, 0) is 84.7 Å². The number of aromatic nitrogens is 2. The fraction of sp³-hybridized carbons (Fsp3) is 0.333. The predicted octanol–water partition coefficient (Wildman–Crippen LogP) is 6.02. The summed E-state index contributed by atoms with van der Waals surface area (Å²) in [5, 5.41) is 6.45. The molecule has 2 aliphatic heterocycles. The molecule has 1 fully saturated rings. The Balaban J connectivity index is 1.25. The van der Waals surface area contributed by atoms with Crippen LogP contribution in [0.5, 0.6) is 0 Å². The molecule has 38 heavy (non-hydrogen) atoms. The Morgan fingerprint density at radius 3 is 2.66 bits per heavy atom. The number of piperidine rings is 1. The number of halogens is 2. The third-order valence-electron chi connectivity index (χ3n) is 6.61. The van der Waals surface area contributed by atoms with Gasteiger partial charge in [0.2, 0.25) is 5.91 Å². The number of urea groups is 1. The molecule has 198 valence electrons. The largest absolute Gasteiger partial charge is 0.331 e. The summed E-state index contributed by atoms with van der Waals surface area (Å²) in [5.74, 6) is -0.0388. The maximum atomic E-state index is 13.8. The first-order valence-corrected chi connectivity index (χ1v) is 14.3. The summed E-state index contributed by atoms with van der Waals surface area (Å²) >= 11 is 4.46. The van der Waals surface area contributed by atoms with Crippen LogP contribution in [0.2, 0.25) is 0 Å². The summed E-state index contributed by atoms with van der Waals surface area (Å²) in [5.41, 5.74) is 3.14. The topological polar surface area (TPSA) is 90.5 Å². The van der Waals surface area contributed by atoms with Crippen LogP contribution in [-0.2, 0) is 11.3 Å². The van der Waals surface area contributed by atoms with Crippen molar-refractivity contribution in [2.75, 3.05) is 29.1 Å². The van der Waals surface area contributed by atoms with E-state index in [1.165, 1.54) is 66.0 Å². The maximum Gasteiger partial charge on any atom is 0.328 e. The lowest BCUT2D eigenvalue weighted by Crippen LogP contribution is -2.44. The summed E-state index contributed by atoms with van der Waals surface area (Å²) in [6, 6.07) is 11.6. The number of fused-ring (bicyclic) bond motifs is 1. The zero-order chi connectivity index (χ0) is 26.6. The number of hydrogen-bond donors (Lipinski definition) is 2. The molecule has 0 bridgehead atoms. The summed E-state index contributed by atoms with van der Waals surface area (Å²) in [7, 11) is 0. The van der Waals surface area contributed by atoms with Crippen molar-refractivity contribution >= 4 is 56.8 Å². The lowest BCUT2D eigenvalue weighted by atomic mass is 10.1. The Morgan fingerprint density at radius 1 is 1.16 bits per heavy atom. The molecule has 1 saturated heterocycles. The number of amides is 3. The van der Waals surface area contributed by atoms with Gasteiger partial charge in [-0.1, -0.05) is 30.3 Å². The Labute approximate surface area is 233 Å². The van der Waals surface area contributed by atoms with E-state index in [1.54, 1.807) is 0 Å². The molecule has 0 saturated carbocycles. The molecule has 3 amide bonds. The van der Waals surface area contributed by atoms with Gasteiger partial charge in [0.1, 0.15) is 17.2 Å². The minimum Gasteiger partial charge on any atom is -0.331 e. The number of hydrogen-bond acceptors (Lipinski definition) is 6. The number of carbonyl (C=O) groups excluding carboxylic acids is 2. The smallest absolute Gasteiger partial charge is 0.328 e. The van der Waals surface area contributed by atoms with E-state index in [2.05, 4.69) is 53.6 Å². The van der Waals surface area contributed by atoms with Crippen molar-refractivity contribution in [3.05, 3.63) is 70.2 Å². The van der Waals surface area contributed by atoms with E-state index in [0.717, 1.165) is 25.3 Å². The van der Waals surface area contributed by atoms with E-state index < -0.39 is 5.82 Å². The number of thioether (sulfide) groups is 1. The first-order valence-electron chi connectivity index (χ1n) is 12.5. The van der Waals surface area contributed by atoms with Gasteiger partial charge in [-0.2, -0.15) is 0 Å². The highest BCUT2D eigenvalue weighted by Gasteiger charge is 2.34. The van der Waals surface area contributed by atoms with Crippen molar-refractivity contribution in [3.8, 4) is 0 Å². The second-order valence-electron chi connectivity index (χ2n) is 9.39. The van der Waals surface area contributed by atoms with Crippen LogP contribution in [0, 0.1) is 5.82 Å². The molecule has 5 rings (SSSR count). The molecule has 3 aromatic rings. The predicted molar refractivity (Wildman–Crippen MR) is 150 cm³/mol. The van der Waals surface area contributed by atoms with Crippen LogP contribution in [0.1, 0.15) is 43.4 Å². The molecule has 0 radical (unpaired) electrons. The molecule has 3 heterocycles. The van der Waals surface area contributed by atoms with E-state index in [-0.39, 0.29) is 28.2 Å². The van der Waals surface area contributed by atoms with Crippen LogP contribution in [0.25, 0.3) is 0 Å². The van der Waals surface area contributed by atoms with Gasteiger partial charge >= 0.3 is 6.03 Å². The van der Waals surface area contributed by atoms with Gasteiger partial charge in [0.15, 0.2) is 5.82 Å². The highest BCUT2D eigenvalue weighted by atomic mass is 79.9. The molecule has 1 aromatic heterocycles. The summed E-state index contributed by atoms with van der Waals surface area (Å²) in [6.07, 6.45) is 5.20. The molecule has 11 heteroatoms. The highest BCUT2D eigenvalue weighted by molar-refractivity contribution is 9.10. The number of rotatable bonds is 7.